The second kappa shape index (κ2) is 24.2. The molecule has 0 amide bonds. The summed E-state index contributed by atoms with van der Waals surface area (Å²) < 4.78 is 0. The molecular weight excluding hydrogens is 732 g/mol. The molecule has 0 spiro atoms. The fourth-order valence-electron chi connectivity index (χ4n) is 9.75. The van der Waals surface area contributed by atoms with Crippen molar-refractivity contribution in [3.8, 4) is 0 Å². The molecule has 0 heterocycles. The van der Waals surface area contributed by atoms with Gasteiger partial charge in [-0.05, 0) is 96.7 Å². The lowest BCUT2D eigenvalue weighted by Gasteiger charge is -2.44. The average molecular weight is 801 g/mol. The van der Waals surface area contributed by atoms with Crippen LogP contribution in [0.4, 0.5) is 0 Å². The van der Waals surface area contributed by atoms with Gasteiger partial charge in [0.15, 0.2) is 0 Å². The van der Waals surface area contributed by atoms with Crippen LogP contribution in [0.3, 0.4) is 0 Å². The molecule has 3 saturated carbocycles. The van der Waals surface area contributed by atoms with Gasteiger partial charge in [0.2, 0.25) is 36.5 Å². The molecule has 6 atom stereocenters. The van der Waals surface area contributed by atoms with Crippen molar-refractivity contribution in [3.05, 3.63) is 0 Å². The van der Waals surface area contributed by atoms with Crippen LogP contribution in [-0.4, -0.2) is 109 Å². The number of hydrogen-bond donors (Lipinski definition) is 3. The van der Waals surface area contributed by atoms with E-state index in [4.69, 9.17) is 15.3 Å². The molecule has 3 aliphatic carbocycles. The van der Waals surface area contributed by atoms with Gasteiger partial charge in [-0.15, -0.1) is 0 Å². The van der Waals surface area contributed by atoms with Gasteiger partial charge >= 0.3 is 0 Å². The number of isocyanates is 6. The Labute approximate surface area is 338 Å². The standard InChI is InChI=1S/3C12H18N2O2.C6H14O3/c3*1-11(2)4-10(14-9-16)5-12(3,6-11)7-13-8-15;1-2-6(3-7,4-8)5-9/h3*10H,4-7H2,1-3H3;7-9H,2-5H2,1H3. The van der Waals surface area contributed by atoms with E-state index in [0.717, 1.165) is 57.8 Å². The summed E-state index contributed by atoms with van der Waals surface area (Å²) in [5.74, 6) is 0. The van der Waals surface area contributed by atoms with Crippen molar-refractivity contribution < 1.29 is 44.1 Å². The predicted octanol–water partition coefficient (Wildman–Crippen LogP) is 6.09. The predicted molar refractivity (Wildman–Crippen MR) is 216 cm³/mol. The number of hydrogen-bond acceptors (Lipinski definition) is 15. The molecule has 57 heavy (non-hydrogen) atoms. The van der Waals surface area contributed by atoms with Gasteiger partial charge in [0.25, 0.3) is 0 Å². The lowest BCUT2D eigenvalue weighted by atomic mass is 9.63. The van der Waals surface area contributed by atoms with Gasteiger partial charge < -0.3 is 15.3 Å². The lowest BCUT2D eigenvalue weighted by Crippen LogP contribution is -2.39. The molecule has 0 aromatic carbocycles. The first-order valence-corrected chi connectivity index (χ1v) is 19.6. The normalized spacial score (nSPS) is 29.1. The van der Waals surface area contributed by atoms with E-state index in [1.54, 1.807) is 36.5 Å². The van der Waals surface area contributed by atoms with Crippen LogP contribution in [-0.2, 0) is 28.8 Å². The summed E-state index contributed by atoms with van der Waals surface area (Å²) in [5, 5.41) is 26.0. The van der Waals surface area contributed by atoms with E-state index < -0.39 is 5.41 Å². The maximum absolute atomic E-state index is 10.3. The quantitative estimate of drug-likeness (QED) is 0.144. The molecule has 0 aromatic rings. The van der Waals surface area contributed by atoms with E-state index in [0.29, 0.717) is 26.1 Å². The van der Waals surface area contributed by atoms with E-state index in [-0.39, 0.29) is 70.4 Å². The molecule has 3 aliphatic rings. The third-order valence-electron chi connectivity index (χ3n) is 11.3. The van der Waals surface area contributed by atoms with E-state index in [1.165, 1.54) is 0 Å². The molecule has 0 aromatic heterocycles. The average Bonchev–Trinajstić information content (AvgIpc) is 3.09. The molecule has 3 fully saturated rings. The van der Waals surface area contributed by atoms with Crippen molar-refractivity contribution in [2.45, 2.75) is 152 Å². The molecule has 15 nitrogen and oxygen atoms in total. The molecule has 15 heteroatoms. The van der Waals surface area contributed by atoms with Gasteiger partial charge in [-0.3, -0.25) is 0 Å². The molecule has 0 saturated heterocycles. The topological polar surface area (TPSA) is 237 Å². The number of aliphatic hydroxyl groups excluding tert-OH is 3. The third kappa shape index (κ3) is 20.4. The maximum Gasteiger partial charge on any atom is 0.235 e. The molecule has 3 N–H and O–H groups in total. The van der Waals surface area contributed by atoms with Crippen molar-refractivity contribution >= 4 is 36.5 Å². The van der Waals surface area contributed by atoms with Crippen LogP contribution in [0.15, 0.2) is 30.0 Å². The molecule has 320 valence electrons. The molecule has 3 rings (SSSR count). The Morgan fingerprint density at radius 3 is 0.860 bits per heavy atom. The zero-order chi connectivity index (χ0) is 44.0. The van der Waals surface area contributed by atoms with Gasteiger partial charge in [-0.2, -0.15) is 0 Å². The zero-order valence-corrected chi connectivity index (χ0v) is 36.0. The van der Waals surface area contributed by atoms with Crippen LogP contribution < -0.4 is 0 Å². The minimum atomic E-state index is -0.667. The number of aliphatic imine (C=N–C) groups is 6. The lowest BCUT2D eigenvalue weighted by molar-refractivity contribution is 0.00304. The molecule has 6 unspecified atom stereocenters. The van der Waals surface area contributed by atoms with E-state index in [2.05, 4.69) is 92.3 Å². The molecular formula is C42H68N6O9. The summed E-state index contributed by atoms with van der Waals surface area (Å²) in [5.41, 5.74) is -0.498. The molecule has 0 bridgehead atoms. The number of aliphatic hydroxyl groups is 3. The van der Waals surface area contributed by atoms with Crippen molar-refractivity contribution in [3.63, 3.8) is 0 Å². The van der Waals surface area contributed by atoms with E-state index in [9.17, 15) is 28.8 Å². The number of rotatable bonds is 13. The highest BCUT2D eigenvalue weighted by atomic mass is 16.3. The Bertz CT molecular complexity index is 1370. The smallest absolute Gasteiger partial charge is 0.235 e. The second-order valence-electron chi connectivity index (χ2n) is 19.9. The van der Waals surface area contributed by atoms with Crippen LogP contribution in [0.1, 0.15) is 133 Å². The minimum absolute atomic E-state index is 0.00750. The maximum atomic E-state index is 10.3. The van der Waals surface area contributed by atoms with Crippen molar-refractivity contribution in [2.75, 3.05) is 39.5 Å². The Kier molecular flexibility index (Phi) is 22.5. The van der Waals surface area contributed by atoms with Gasteiger partial charge in [-0.25, -0.2) is 58.7 Å². The highest BCUT2D eigenvalue weighted by Crippen LogP contribution is 2.49. The van der Waals surface area contributed by atoms with Gasteiger partial charge in [0.05, 0.1) is 57.6 Å². The van der Waals surface area contributed by atoms with Crippen LogP contribution in [0.5, 0.6) is 0 Å². The van der Waals surface area contributed by atoms with E-state index >= 15 is 0 Å². The first-order chi connectivity index (χ1) is 26.5. The number of nitrogens with zero attached hydrogens (tertiary/aromatic N) is 6. The fraction of sp³-hybridized carbons (Fsp3) is 0.857. The summed E-state index contributed by atoms with van der Waals surface area (Å²) in [7, 11) is 0. The first-order valence-electron chi connectivity index (χ1n) is 19.6. The van der Waals surface area contributed by atoms with Crippen LogP contribution in [0.2, 0.25) is 0 Å². The Balaban J connectivity index is 0.000000749. The summed E-state index contributed by atoms with van der Waals surface area (Å²) in [6.07, 6.45) is 18.2. The highest BCUT2D eigenvalue weighted by molar-refractivity contribution is 5.35. The second-order valence-corrected chi connectivity index (χ2v) is 19.9. The van der Waals surface area contributed by atoms with Gasteiger partial charge in [0.1, 0.15) is 0 Å². The SMILES string of the molecule is CC1(C)CC(N=C=O)CC(C)(CN=C=O)C1.CC1(C)CC(N=C=O)CC(C)(CN=C=O)C1.CC1(C)CC(N=C=O)CC(C)(CN=C=O)C1.CCC(CO)(CO)CO. The summed E-state index contributed by atoms with van der Waals surface area (Å²) >= 11 is 0. The minimum Gasteiger partial charge on any atom is -0.396 e. The van der Waals surface area contributed by atoms with Gasteiger partial charge in [-0.1, -0.05) is 69.2 Å². The zero-order valence-electron chi connectivity index (χ0n) is 36.0. The fourth-order valence-corrected chi connectivity index (χ4v) is 9.75. The highest BCUT2D eigenvalue weighted by Gasteiger charge is 2.43. The Hall–Kier alpha value is -3.84. The van der Waals surface area contributed by atoms with Gasteiger partial charge in [0, 0.05) is 5.41 Å². The van der Waals surface area contributed by atoms with E-state index in [1.807, 2.05) is 6.92 Å². The first kappa shape index (κ1) is 53.2. The largest absolute Gasteiger partial charge is 0.396 e. The number of carbonyl (C=O) groups excluding carboxylic acids is 6. The summed E-state index contributed by atoms with van der Waals surface area (Å²) in [4.78, 5) is 84.1. The van der Waals surface area contributed by atoms with Crippen molar-refractivity contribution in [1.82, 2.24) is 0 Å². The molecule has 0 aliphatic heterocycles. The van der Waals surface area contributed by atoms with Crippen LogP contribution in [0.25, 0.3) is 0 Å². The van der Waals surface area contributed by atoms with Crippen LogP contribution in [0, 0.1) is 37.9 Å². The summed E-state index contributed by atoms with van der Waals surface area (Å²) in [6, 6.07) is 0.0225. The Morgan fingerprint density at radius 2 is 0.702 bits per heavy atom. The monoisotopic (exact) mass is 801 g/mol. The van der Waals surface area contributed by atoms with Crippen molar-refractivity contribution in [2.24, 2.45) is 67.9 Å². The Morgan fingerprint density at radius 1 is 0.456 bits per heavy atom. The third-order valence-corrected chi connectivity index (χ3v) is 11.3. The van der Waals surface area contributed by atoms with Crippen molar-refractivity contribution in [1.29, 1.82) is 0 Å². The molecule has 0 radical (unpaired) electrons. The summed E-state index contributed by atoms with van der Waals surface area (Å²) in [6.45, 7) is 21.9. The van der Waals surface area contributed by atoms with Crippen LogP contribution >= 0.6 is 0 Å².